The number of piperidine rings is 1. The molecule has 2 N–H and O–H groups in total. The van der Waals surface area contributed by atoms with Gasteiger partial charge in [-0.1, -0.05) is 11.3 Å². The maximum Gasteiger partial charge on any atom is 0.419 e. The fourth-order valence-corrected chi connectivity index (χ4v) is 5.07. The Balaban J connectivity index is 1.49. The third-order valence-corrected chi connectivity index (χ3v) is 7.15. The lowest BCUT2D eigenvalue weighted by Crippen LogP contribution is -2.37. The molecule has 0 spiro atoms. The Morgan fingerprint density at radius 1 is 1.15 bits per heavy atom. The third-order valence-electron chi connectivity index (χ3n) is 6.21. The van der Waals surface area contributed by atoms with Crippen LogP contribution in [-0.2, 0) is 31.8 Å². The highest BCUT2D eigenvalue weighted by Gasteiger charge is 2.34. The minimum Gasteiger partial charge on any atom is -0.507 e. The van der Waals surface area contributed by atoms with Crippen molar-refractivity contribution in [3.63, 3.8) is 0 Å². The summed E-state index contributed by atoms with van der Waals surface area (Å²) in [4.78, 5) is 51.1. The minimum absolute atomic E-state index is 0.00454. The lowest BCUT2D eigenvalue weighted by Gasteiger charge is -2.31. The number of benzene rings is 1. The molecule has 0 aliphatic carbocycles. The van der Waals surface area contributed by atoms with Gasteiger partial charge in [0.1, 0.15) is 23.9 Å². The number of phenolic OH excluding ortho intramolecular Hbond substituents is 1. The molecule has 1 aliphatic rings. The summed E-state index contributed by atoms with van der Waals surface area (Å²) in [5, 5.41) is 12.2. The molecule has 1 amide bonds. The molecule has 3 heterocycles. The van der Waals surface area contributed by atoms with Crippen LogP contribution in [0.25, 0.3) is 11.3 Å². The lowest BCUT2D eigenvalue weighted by molar-refractivity contribution is -0.148. The van der Waals surface area contributed by atoms with Crippen molar-refractivity contribution in [1.82, 2.24) is 15.0 Å². The van der Waals surface area contributed by atoms with Crippen LogP contribution in [0, 0.1) is 5.92 Å². The molecule has 0 bridgehead atoms. The third kappa shape index (κ3) is 7.28. The number of hydrogen-bond donors (Lipinski definition) is 2. The molecule has 0 atom stereocenters. The van der Waals surface area contributed by atoms with Crippen LogP contribution in [-0.4, -0.2) is 57.6 Å². The Morgan fingerprint density at radius 2 is 1.88 bits per heavy atom. The van der Waals surface area contributed by atoms with E-state index in [-0.39, 0.29) is 45.5 Å². The Hall–Kier alpha value is -4.27. The summed E-state index contributed by atoms with van der Waals surface area (Å²) < 4.78 is 50.1. The van der Waals surface area contributed by atoms with Crippen molar-refractivity contribution in [2.45, 2.75) is 39.5 Å². The summed E-state index contributed by atoms with van der Waals surface area (Å²) >= 11 is 0.910. The van der Waals surface area contributed by atoms with Crippen molar-refractivity contribution in [2.24, 2.45) is 5.92 Å². The number of nitrogens with one attached hydrogen (secondary N) is 1. The van der Waals surface area contributed by atoms with Crippen molar-refractivity contribution in [3.05, 3.63) is 46.7 Å². The van der Waals surface area contributed by atoms with E-state index in [2.05, 4.69) is 20.3 Å². The van der Waals surface area contributed by atoms with Gasteiger partial charge in [0.15, 0.2) is 5.13 Å². The Bertz CT molecular complexity index is 1420. The highest BCUT2D eigenvalue weighted by molar-refractivity contribution is 7.16. The van der Waals surface area contributed by atoms with Crippen LogP contribution in [0.1, 0.15) is 47.6 Å². The first-order chi connectivity index (χ1) is 19.5. The number of amides is 1. The molecule has 11 nitrogen and oxygen atoms in total. The van der Waals surface area contributed by atoms with Crippen LogP contribution in [0.5, 0.6) is 5.75 Å². The molecule has 1 aromatic carbocycles. The quantitative estimate of drug-likeness (QED) is 0.360. The van der Waals surface area contributed by atoms with E-state index in [1.165, 1.54) is 25.4 Å². The molecule has 41 heavy (non-hydrogen) atoms. The number of aromatic hydroxyl groups is 1. The Labute approximate surface area is 236 Å². The molecule has 1 fully saturated rings. The van der Waals surface area contributed by atoms with Crippen molar-refractivity contribution in [1.29, 1.82) is 0 Å². The second-order valence-corrected chi connectivity index (χ2v) is 10.1. The van der Waals surface area contributed by atoms with Gasteiger partial charge in [-0.2, -0.15) is 13.2 Å². The topological polar surface area (TPSA) is 144 Å². The standard InChI is InChI=1S/C26H26F3N5O6S/c1-3-39-24(38)15-6-8-34(9-7-15)21-12-30-18(11-31-21)23(37)33-25-32-22(20(41-25)13-40-14(2)35)16-4-5-19(36)17(10-16)26(27,28)29/h4-5,10-12,15,36H,3,6-9,13H2,1-2H3,(H,32,33,37). The van der Waals surface area contributed by atoms with Gasteiger partial charge in [-0.15, -0.1) is 0 Å². The van der Waals surface area contributed by atoms with Gasteiger partial charge >= 0.3 is 18.1 Å². The number of esters is 2. The number of carbonyl (C=O) groups excluding carboxylic acids is 3. The van der Waals surface area contributed by atoms with Crippen LogP contribution in [0.2, 0.25) is 0 Å². The molecule has 0 unspecified atom stereocenters. The summed E-state index contributed by atoms with van der Waals surface area (Å²) in [6.07, 6.45) is -0.877. The summed E-state index contributed by atoms with van der Waals surface area (Å²) in [5.41, 5.74) is -1.24. The maximum atomic E-state index is 13.3. The monoisotopic (exact) mass is 593 g/mol. The average molecular weight is 594 g/mol. The number of aromatic nitrogens is 3. The number of thiazole rings is 1. The number of carbonyl (C=O) groups is 3. The van der Waals surface area contributed by atoms with Gasteiger partial charge in [-0.3, -0.25) is 19.7 Å². The van der Waals surface area contributed by atoms with Crippen molar-refractivity contribution >= 4 is 40.1 Å². The normalized spacial score (nSPS) is 14.0. The fraction of sp³-hybridized carbons (Fsp3) is 0.385. The van der Waals surface area contributed by atoms with Crippen LogP contribution in [0.3, 0.4) is 0 Å². The molecule has 3 aromatic rings. The number of ether oxygens (including phenoxy) is 2. The summed E-state index contributed by atoms with van der Waals surface area (Å²) in [6, 6.07) is 2.86. The van der Waals surface area contributed by atoms with E-state index >= 15 is 0 Å². The van der Waals surface area contributed by atoms with Crippen LogP contribution < -0.4 is 10.2 Å². The van der Waals surface area contributed by atoms with E-state index in [1.807, 2.05) is 4.90 Å². The van der Waals surface area contributed by atoms with E-state index in [9.17, 15) is 32.7 Å². The molecule has 15 heteroatoms. The molecule has 0 radical (unpaired) electrons. The molecule has 1 saturated heterocycles. The van der Waals surface area contributed by atoms with Gasteiger partial charge in [0.2, 0.25) is 0 Å². The second-order valence-electron chi connectivity index (χ2n) is 9.03. The van der Waals surface area contributed by atoms with Gasteiger partial charge in [0.05, 0.1) is 41.1 Å². The summed E-state index contributed by atoms with van der Waals surface area (Å²) in [5.74, 6) is -2.06. The fourth-order valence-electron chi connectivity index (χ4n) is 4.17. The van der Waals surface area contributed by atoms with E-state index < -0.39 is 29.4 Å². The highest BCUT2D eigenvalue weighted by Crippen LogP contribution is 2.40. The number of hydrogen-bond acceptors (Lipinski definition) is 11. The van der Waals surface area contributed by atoms with E-state index in [1.54, 1.807) is 6.92 Å². The number of rotatable bonds is 8. The zero-order valence-corrected chi connectivity index (χ0v) is 22.8. The molecule has 2 aromatic heterocycles. The zero-order chi connectivity index (χ0) is 29.7. The molecular formula is C26H26F3N5O6S. The van der Waals surface area contributed by atoms with Crippen molar-refractivity contribution < 1.29 is 42.1 Å². The first-order valence-electron chi connectivity index (χ1n) is 12.5. The minimum atomic E-state index is -4.81. The smallest absolute Gasteiger partial charge is 0.419 e. The molecule has 1 aliphatic heterocycles. The van der Waals surface area contributed by atoms with Gasteiger partial charge < -0.3 is 19.5 Å². The Morgan fingerprint density at radius 3 is 2.49 bits per heavy atom. The van der Waals surface area contributed by atoms with Crippen LogP contribution >= 0.6 is 11.3 Å². The van der Waals surface area contributed by atoms with Crippen molar-refractivity contribution in [3.8, 4) is 17.0 Å². The van der Waals surface area contributed by atoms with Crippen LogP contribution in [0.4, 0.5) is 24.1 Å². The molecule has 4 rings (SSSR count). The van der Waals surface area contributed by atoms with E-state index in [0.29, 0.717) is 38.4 Å². The largest absolute Gasteiger partial charge is 0.507 e. The van der Waals surface area contributed by atoms with Gasteiger partial charge in [0.25, 0.3) is 5.91 Å². The van der Waals surface area contributed by atoms with E-state index in [4.69, 9.17) is 9.47 Å². The van der Waals surface area contributed by atoms with Crippen LogP contribution in [0.15, 0.2) is 30.6 Å². The summed E-state index contributed by atoms with van der Waals surface area (Å²) in [6.45, 7) is 4.13. The predicted molar refractivity (Wildman–Crippen MR) is 141 cm³/mol. The number of anilines is 2. The second kappa shape index (κ2) is 12.5. The lowest BCUT2D eigenvalue weighted by atomic mass is 9.97. The number of phenols is 1. The first kappa shape index (κ1) is 29.7. The molecule has 218 valence electrons. The molecular weight excluding hydrogens is 567 g/mol. The van der Waals surface area contributed by atoms with Gasteiger partial charge in [-0.25, -0.2) is 15.0 Å². The first-order valence-corrected chi connectivity index (χ1v) is 13.4. The summed E-state index contributed by atoms with van der Waals surface area (Å²) in [7, 11) is 0. The average Bonchev–Trinajstić information content (AvgIpc) is 3.34. The van der Waals surface area contributed by atoms with Gasteiger partial charge in [0, 0.05) is 25.6 Å². The number of alkyl halides is 3. The maximum absolute atomic E-state index is 13.3. The number of halogens is 3. The van der Waals surface area contributed by atoms with Gasteiger partial charge in [-0.05, 0) is 38.0 Å². The predicted octanol–water partition coefficient (Wildman–Crippen LogP) is 4.42. The molecule has 0 saturated carbocycles. The van der Waals surface area contributed by atoms with E-state index in [0.717, 1.165) is 23.5 Å². The Kier molecular flexibility index (Phi) is 9.05. The zero-order valence-electron chi connectivity index (χ0n) is 22.0. The SMILES string of the molecule is CCOC(=O)C1CCN(c2cnc(C(=O)Nc3nc(-c4ccc(O)c(C(F)(F)F)c4)c(COC(C)=O)s3)cn2)CC1. The number of nitrogens with zero attached hydrogens (tertiary/aromatic N) is 4. The highest BCUT2D eigenvalue weighted by atomic mass is 32.1. The van der Waals surface area contributed by atoms with Crippen molar-refractivity contribution in [2.75, 3.05) is 29.9 Å².